The van der Waals surface area contributed by atoms with Crippen LogP contribution < -0.4 is 5.32 Å². The average molecular weight is 431 g/mol. The predicted molar refractivity (Wildman–Crippen MR) is 124 cm³/mol. The van der Waals surface area contributed by atoms with Gasteiger partial charge in [0.25, 0.3) is 0 Å². The van der Waals surface area contributed by atoms with Crippen LogP contribution in [0, 0.1) is 0 Å². The van der Waals surface area contributed by atoms with Gasteiger partial charge in [0.05, 0.1) is 23.4 Å². The molecule has 156 valence electrons. The molecule has 0 atom stereocenters. The monoisotopic (exact) mass is 430 g/mol. The summed E-state index contributed by atoms with van der Waals surface area (Å²) >= 11 is 1.44. The third-order valence-electron chi connectivity index (χ3n) is 4.87. The number of carbonyl (C=O) groups excluding carboxylic acids is 2. The van der Waals surface area contributed by atoms with Crippen LogP contribution in [0.2, 0.25) is 0 Å². The Morgan fingerprint density at radius 3 is 2.32 bits per heavy atom. The number of benzene rings is 3. The second-order valence-electron chi connectivity index (χ2n) is 6.96. The number of nitrogens with zero attached hydrogens (tertiary/aromatic N) is 1. The van der Waals surface area contributed by atoms with Gasteiger partial charge in [-0.15, -0.1) is 0 Å². The van der Waals surface area contributed by atoms with Gasteiger partial charge in [-0.2, -0.15) is 0 Å². The topological polar surface area (TPSA) is 68.3 Å². The third kappa shape index (κ3) is 4.86. The number of aromatic nitrogens is 1. The Labute approximate surface area is 184 Å². The molecule has 0 saturated carbocycles. The highest BCUT2D eigenvalue weighted by Gasteiger charge is 2.11. The van der Waals surface area contributed by atoms with Gasteiger partial charge in [0.1, 0.15) is 5.03 Å². The number of thioether (sulfide) groups is 1. The molecule has 0 aliphatic rings. The van der Waals surface area contributed by atoms with E-state index in [1.165, 1.54) is 11.8 Å². The zero-order valence-electron chi connectivity index (χ0n) is 17.1. The summed E-state index contributed by atoms with van der Waals surface area (Å²) in [4.78, 5) is 28.9. The SMILES string of the molecule is CCOC(=O)c1ccc(CNC(=O)CSc2nc3ccccc3c3ccccc23)cc1. The van der Waals surface area contributed by atoms with Crippen molar-refractivity contribution in [3.05, 3.63) is 83.9 Å². The molecule has 4 rings (SSSR count). The number of hydrogen-bond donors (Lipinski definition) is 1. The Hall–Kier alpha value is -3.38. The van der Waals surface area contributed by atoms with Crippen LogP contribution in [0.1, 0.15) is 22.8 Å². The van der Waals surface area contributed by atoms with Gasteiger partial charge in [0, 0.05) is 17.3 Å². The number of hydrogen-bond acceptors (Lipinski definition) is 5. The zero-order valence-corrected chi connectivity index (χ0v) is 17.9. The second-order valence-corrected chi connectivity index (χ2v) is 7.93. The van der Waals surface area contributed by atoms with Crippen LogP contribution in [0.15, 0.2) is 77.8 Å². The smallest absolute Gasteiger partial charge is 0.338 e. The lowest BCUT2D eigenvalue weighted by atomic mass is 10.1. The summed E-state index contributed by atoms with van der Waals surface area (Å²) in [6, 6.07) is 23.2. The summed E-state index contributed by atoms with van der Waals surface area (Å²) in [5, 5.41) is 7.07. The van der Waals surface area contributed by atoms with E-state index in [0.29, 0.717) is 18.7 Å². The number of nitrogens with one attached hydrogen (secondary N) is 1. The summed E-state index contributed by atoms with van der Waals surface area (Å²) in [6.45, 7) is 2.51. The minimum atomic E-state index is -0.343. The fraction of sp³-hybridized carbons (Fsp3) is 0.160. The van der Waals surface area contributed by atoms with E-state index in [4.69, 9.17) is 9.72 Å². The van der Waals surface area contributed by atoms with E-state index < -0.39 is 0 Å². The highest BCUT2D eigenvalue weighted by Crippen LogP contribution is 2.31. The number of rotatable bonds is 7. The van der Waals surface area contributed by atoms with Gasteiger partial charge >= 0.3 is 5.97 Å². The van der Waals surface area contributed by atoms with Gasteiger partial charge in [-0.05, 0) is 36.1 Å². The average Bonchev–Trinajstić information content (AvgIpc) is 2.81. The number of pyridine rings is 1. The van der Waals surface area contributed by atoms with Crippen LogP contribution in [0.3, 0.4) is 0 Å². The molecule has 3 aromatic carbocycles. The van der Waals surface area contributed by atoms with Gasteiger partial charge in [-0.1, -0.05) is 66.4 Å². The summed E-state index contributed by atoms with van der Waals surface area (Å²) in [7, 11) is 0. The van der Waals surface area contributed by atoms with Crippen molar-refractivity contribution in [2.45, 2.75) is 18.5 Å². The molecule has 0 bridgehead atoms. The molecule has 0 aliphatic heterocycles. The van der Waals surface area contributed by atoms with Crippen molar-refractivity contribution in [1.82, 2.24) is 10.3 Å². The maximum Gasteiger partial charge on any atom is 0.338 e. The first-order chi connectivity index (χ1) is 15.2. The molecule has 0 unspecified atom stereocenters. The van der Waals surface area contributed by atoms with Crippen LogP contribution in [0.25, 0.3) is 21.7 Å². The zero-order chi connectivity index (χ0) is 21.6. The van der Waals surface area contributed by atoms with Crippen molar-refractivity contribution in [2.75, 3.05) is 12.4 Å². The van der Waals surface area contributed by atoms with Crippen molar-refractivity contribution in [1.29, 1.82) is 0 Å². The quantitative estimate of drug-likeness (QED) is 0.255. The molecule has 5 nitrogen and oxygen atoms in total. The van der Waals surface area contributed by atoms with Crippen LogP contribution in [-0.2, 0) is 16.1 Å². The van der Waals surface area contributed by atoms with E-state index in [9.17, 15) is 9.59 Å². The Kier molecular flexibility index (Phi) is 6.48. The van der Waals surface area contributed by atoms with Crippen molar-refractivity contribution in [3.8, 4) is 0 Å². The van der Waals surface area contributed by atoms with E-state index in [0.717, 1.165) is 32.3 Å². The summed E-state index contributed by atoms with van der Waals surface area (Å²) in [5.41, 5.74) is 2.34. The molecule has 0 saturated heterocycles. The lowest BCUT2D eigenvalue weighted by Crippen LogP contribution is -2.24. The van der Waals surface area contributed by atoms with Crippen LogP contribution in [0.5, 0.6) is 0 Å². The molecule has 6 heteroatoms. The molecule has 0 aliphatic carbocycles. The first-order valence-electron chi connectivity index (χ1n) is 10.1. The Balaban J connectivity index is 1.40. The number of esters is 1. The largest absolute Gasteiger partial charge is 0.462 e. The predicted octanol–water partition coefficient (Wildman–Crippen LogP) is 4.97. The molecule has 31 heavy (non-hydrogen) atoms. The maximum absolute atomic E-state index is 12.4. The normalized spacial score (nSPS) is 10.9. The molecule has 1 heterocycles. The fourth-order valence-corrected chi connectivity index (χ4v) is 4.21. The van der Waals surface area contributed by atoms with Crippen LogP contribution >= 0.6 is 11.8 Å². The first-order valence-corrected chi connectivity index (χ1v) is 11.1. The molecule has 4 aromatic rings. The minimum Gasteiger partial charge on any atom is -0.462 e. The van der Waals surface area contributed by atoms with Crippen molar-refractivity contribution in [3.63, 3.8) is 0 Å². The minimum absolute atomic E-state index is 0.0708. The number of fused-ring (bicyclic) bond motifs is 3. The lowest BCUT2D eigenvalue weighted by Gasteiger charge is -2.10. The molecule has 1 aromatic heterocycles. The molecule has 1 amide bonds. The summed E-state index contributed by atoms with van der Waals surface area (Å²) in [6.07, 6.45) is 0. The molecule has 0 spiro atoms. The molecular formula is C25H22N2O3S. The molecule has 1 N–H and O–H groups in total. The number of carbonyl (C=O) groups is 2. The number of para-hydroxylation sites is 1. The van der Waals surface area contributed by atoms with Crippen molar-refractivity contribution in [2.24, 2.45) is 0 Å². The fourth-order valence-electron chi connectivity index (χ4n) is 3.34. The van der Waals surface area contributed by atoms with Gasteiger partial charge in [0.2, 0.25) is 5.91 Å². The standard InChI is InChI=1S/C25H22N2O3S/c1-2-30-25(29)18-13-11-17(12-14-18)15-26-23(28)16-31-24-21-9-4-3-7-19(21)20-8-5-6-10-22(20)27-24/h3-14H,2,15-16H2,1H3,(H,26,28). The Morgan fingerprint density at radius 1 is 0.903 bits per heavy atom. The van der Waals surface area contributed by atoms with Crippen LogP contribution in [-0.4, -0.2) is 29.2 Å². The van der Waals surface area contributed by atoms with Crippen molar-refractivity contribution >= 4 is 45.3 Å². The summed E-state index contributed by atoms with van der Waals surface area (Å²) in [5.74, 6) is -0.140. The highest BCUT2D eigenvalue weighted by atomic mass is 32.2. The van der Waals surface area contributed by atoms with Crippen LogP contribution in [0.4, 0.5) is 0 Å². The van der Waals surface area contributed by atoms with Crippen molar-refractivity contribution < 1.29 is 14.3 Å². The summed E-state index contributed by atoms with van der Waals surface area (Å²) < 4.78 is 4.98. The van der Waals surface area contributed by atoms with Gasteiger partial charge in [-0.3, -0.25) is 4.79 Å². The van der Waals surface area contributed by atoms with E-state index in [-0.39, 0.29) is 17.6 Å². The molecule has 0 fully saturated rings. The van der Waals surface area contributed by atoms with E-state index in [1.807, 2.05) is 48.5 Å². The highest BCUT2D eigenvalue weighted by molar-refractivity contribution is 8.00. The second kappa shape index (κ2) is 9.62. The van der Waals surface area contributed by atoms with Gasteiger partial charge < -0.3 is 10.1 Å². The van der Waals surface area contributed by atoms with Gasteiger partial charge in [0.15, 0.2) is 0 Å². The third-order valence-corrected chi connectivity index (χ3v) is 5.86. The van der Waals surface area contributed by atoms with E-state index in [2.05, 4.69) is 17.4 Å². The van der Waals surface area contributed by atoms with E-state index >= 15 is 0 Å². The first kappa shape index (κ1) is 20.9. The van der Waals surface area contributed by atoms with E-state index in [1.54, 1.807) is 19.1 Å². The molecular weight excluding hydrogens is 408 g/mol. The Morgan fingerprint density at radius 2 is 1.58 bits per heavy atom. The van der Waals surface area contributed by atoms with Gasteiger partial charge in [-0.25, -0.2) is 9.78 Å². The number of amides is 1. The number of ether oxygens (including phenoxy) is 1. The lowest BCUT2D eigenvalue weighted by molar-refractivity contribution is -0.118. The molecule has 0 radical (unpaired) electrons. The Bertz CT molecular complexity index is 1240. The maximum atomic E-state index is 12.4.